The molecular formula is C14H13Br2NO2. The van der Waals surface area contributed by atoms with Crippen molar-refractivity contribution in [3.63, 3.8) is 0 Å². The molecule has 0 amide bonds. The third-order valence-corrected chi connectivity index (χ3v) is 4.54. The number of phenolic OH excluding ortho intramolecular Hbond substituents is 1. The molecule has 0 aliphatic heterocycles. The standard InChI is InChI=1S/C14H13Br2NO2/c1-19-14-5-3-10(7-13(14)18)17-8-9-2-4-11(15)12(16)6-9/h2-7,17-18H,8H2,1H3. The van der Waals surface area contributed by atoms with Gasteiger partial charge in [0.2, 0.25) is 0 Å². The van der Waals surface area contributed by atoms with E-state index in [1.807, 2.05) is 24.3 Å². The predicted molar refractivity (Wildman–Crippen MR) is 83.8 cm³/mol. The summed E-state index contributed by atoms with van der Waals surface area (Å²) >= 11 is 6.91. The molecule has 2 aromatic rings. The highest BCUT2D eigenvalue weighted by Crippen LogP contribution is 2.29. The van der Waals surface area contributed by atoms with Crippen LogP contribution in [0.4, 0.5) is 5.69 Å². The third kappa shape index (κ3) is 3.64. The van der Waals surface area contributed by atoms with Crippen LogP contribution >= 0.6 is 31.9 Å². The number of benzene rings is 2. The molecule has 0 aliphatic carbocycles. The van der Waals surface area contributed by atoms with Gasteiger partial charge in [0, 0.05) is 27.2 Å². The molecule has 100 valence electrons. The molecule has 0 aromatic heterocycles. The first-order chi connectivity index (χ1) is 9.10. The zero-order valence-electron chi connectivity index (χ0n) is 10.3. The first-order valence-corrected chi connectivity index (χ1v) is 7.23. The van der Waals surface area contributed by atoms with Crippen LogP contribution in [0.3, 0.4) is 0 Å². The Balaban J connectivity index is 2.05. The predicted octanol–water partition coefficient (Wildman–Crippen LogP) is 4.54. The molecule has 19 heavy (non-hydrogen) atoms. The van der Waals surface area contributed by atoms with Gasteiger partial charge >= 0.3 is 0 Å². The lowest BCUT2D eigenvalue weighted by atomic mass is 10.2. The van der Waals surface area contributed by atoms with Crippen molar-refractivity contribution in [3.05, 3.63) is 50.9 Å². The monoisotopic (exact) mass is 385 g/mol. The second-order valence-corrected chi connectivity index (χ2v) is 5.70. The molecule has 0 saturated heterocycles. The van der Waals surface area contributed by atoms with Crippen LogP contribution in [0.25, 0.3) is 0 Å². The summed E-state index contributed by atoms with van der Waals surface area (Å²) in [5, 5.41) is 12.9. The van der Waals surface area contributed by atoms with Crippen molar-refractivity contribution in [2.75, 3.05) is 12.4 Å². The van der Waals surface area contributed by atoms with Crippen LogP contribution in [0, 0.1) is 0 Å². The molecule has 2 aromatic carbocycles. The molecule has 0 radical (unpaired) electrons. The molecule has 0 heterocycles. The smallest absolute Gasteiger partial charge is 0.160 e. The van der Waals surface area contributed by atoms with Crippen LogP contribution in [-0.4, -0.2) is 12.2 Å². The number of halogens is 2. The molecule has 5 heteroatoms. The first-order valence-electron chi connectivity index (χ1n) is 5.65. The maximum atomic E-state index is 9.69. The van der Waals surface area contributed by atoms with Gasteiger partial charge in [0.05, 0.1) is 7.11 Å². The van der Waals surface area contributed by atoms with Crippen molar-refractivity contribution in [1.29, 1.82) is 0 Å². The highest BCUT2D eigenvalue weighted by molar-refractivity contribution is 9.13. The Morgan fingerprint density at radius 1 is 1.11 bits per heavy atom. The number of anilines is 1. The van der Waals surface area contributed by atoms with E-state index >= 15 is 0 Å². The van der Waals surface area contributed by atoms with Gasteiger partial charge in [-0.25, -0.2) is 0 Å². The fraction of sp³-hybridized carbons (Fsp3) is 0.143. The Hall–Kier alpha value is -1.20. The van der Waals surface area contributed by atoms with Crippen LogP contribution in [0.1, 0.15) is 5.56 Å². The van der Waals surface area contributed by atoms with Gasteiger partial charge in [0.15, 0.2) is 11.5 Å². The van der Waals surface area contributed by atoms with Gasteiger partial charge in [0.25, 0.3) is 0 Å². The summed E-state index contributed by atoms with van der Waals surface area (Å²) in [4.78, 5) is 0. The number of hydrogen-bond donors (Lipinski definition) is 2. The molecule has 0 saturated carbocycles. The molecule has 0 aliphatic rings. The average Bonchev–Trinajstić information content (AvgIpc) is 2.40. The summed E-state index contributed by atoms with van der Waals surface area (Å²) < 4.78 is 7.05. The highest BCUT2D eigenvalue weighted by atomic mass is 79.9. The average molecular weight is 387 g/mol. The Kier molecular flexibility index (Phi) is 4.71. The van der Waals surface area contributed by atoms with Crippen molar-refractivity contribution in [2.45, 2.75) is 6.54 Å². The second-order valence-electron chi connectivity index (χ2n) is 3.99. The van der Waals surface area contributed by atoms with Gasteiger partial charge in [-0.05, 0) is 61.7 Å². The Labute approximate surface area is 128 Å². The van der Waals surface area contributed by atoms with Gasteiger partial charge in [-0.15, -0.1) is 0 Å². The topological polar surface area (TPSA) is 41.5 Å². The molecule has 0 bridgehead atoms. The molecular weight excluding hydrogens is 374 g/mol. The first kappa shape index (κ1) is 14.2. The fourth-order valence-electron chi connectivity index (χ4n) is 1.65. The molecule has 2 rings (SSSR count). The van der Waals surface area contributed by atoms with E-state index in [-0.39, 0.29) is 5.75 Å². The normalized spacial score (nSPS) is 10.3. The lowest BCUT2D eigenvalue weighted by Gasteiger charge is -2.09. The quantitative estimate of drug-likeness (QED) is 0.810. The zero-order chi connectivity index (χ0) is 13.8. The summed E-state index contributed by atoms with van der Waals surface area (Å²) in [6.45, 7) is 0.678. The van der Waals surface area contributed by atoms with Crippen LogP contribution in [-0.2, 0) is 6.54 Å². The van der Waals surface area contributed by atoms with Gasteiger partial charge in [-0.1, -0.05) is 6.07 Å². The molecule has 3 nitrogen and oxygen atoms in total. The van der Waals surface area contributed by atoms with Gasteiger partial charge in [-0.2, -0.15) is 0 Å². The molecule has 0 fully saturated rings. The number of nitrogens with one attached hydrogen (secondary N) is 1. The number of rotatable bonds is 4. The molecule has 0 atom stereocenters. The second kappa shape index (κ2) is 6.30. The van der Waals surface area contributed by atoms with Crippen molar-refractivity contribution in [3.8, 4) is 11.5 Å². The van der Waals surface area contributed by atoms with Crippen molar-refractivity contribution in [2.24, 2.45) is 0 Å². The SMILES string of the molecule is COc1ccc(NCc2ccc(Br)c(Br)c2)cc1O. The van der Waals surface area contributed by atoms with E-state index in [2.05, 4.69) is 37.2 Å². The van der Waals surface area contributed by atoms with Crippen LogP contribution < -0.4 is 10.1 Å². The maximum absolute atomic E-state index is 9.69. The maximum Gasteiger partial charge on any atom is 0.160 e. The van der Waals surface area contributed by atoms with E-state index in [9.17, 15) is 5.11 Å². The van der Waals surface area contributed by atoms with E-state index in [4.69, 9.17) is 4.74 Å². The number of methoxy groups -OCH3 is 1. The fourth-order valence-corrected chi connectivity index (χ4v) is 2.33. The molecule has 2 N–H and O–H groups in total. The van der Waals surface area contributed by atoms with Crippen molar-refractivity contribution in [1.82, 2.24) is 0 Å². The minimum atomic E-state index is 0.129. The minimum Gasteiger partial charge on any atom is -0.504 e. The Bertz CT molecular complexity index is 588. The zero-order valence-corrected chi connectivity index (χ0v) is 13.5. The van der Waals surface area contributed by atoms with E-state index in [1.165, 1.54) is 7.11 Å². The largest absolute Gasteiger partial charge is 0.504 e. The van der Waals surface area contributed by atoms with Crippen molar-refractivity contribution < 1.29 is 9.84 Å². The number of hydrogen-bond acceptors (Lipinski definition) is 3. The molecule has 0 spiro atoms. The number of phenols is 1. The Morgan fingerprint density at radius 2 is 1.89 bits per heavy atom. The Morgan fingerprint density at radius 3 is 2.53 bits per heavy atom. The lowest BCUT2D eigenvalue weighted by Crippen LogP contribution is -1.99. The van der Waals surface area contributed by atoms with Gasteiger partial charge in [-0.3, -0.25) is 0 Å². The highest BCUT2D eigenvalue weighted by Gasteiger charge is 2.03. The van der Waals surface area contributed by atoms with E-state index in [0.717, 1.165) is 20.2 Å². The summed E-state index contributed by atoms with van der Waals surface area (Å²) in [5.41, 5.74) is 1.99. The van der Waals surface area contributed by atoms with E-state index in [0.29, 0.717) is 12.3 Å². The third-order valence-electron chi connectivity index (χ3n) is 2.66. The van der Waals surface area contributed by atoms with Crippen LogP contribution in [0.15, 0.2) is 45.3 Å². The summed E-state index contributed by atoms with van der Waals surface area (Å²) in [6.07, 6.45) is 0. The minimum absolute atomic E-state index is 0.129. The van der Waals surface area contributed by atoms with Gasteiger partial charge in [0.1, 0.15) is 0 Å². The van der Waals surface area contributed by atoms with E-state index < -0.39 is 0 Å². The lowest BCUT2D eigenvalue weighted by molar-refractivity contribution is 0.373. The molecule has 0 unspecified atom stereocenters. The van der Waals surface area contributed by atoms with Gasteiger partial charge < -0.3 is 15.2 Å². The van der Waals surface area contributed by atoms with Crippen LogP contribution in [0.5, 0.6) is 11.5 Å². The number of ether oxygens (including phenoxy) is 1. The summed E-state index contributed by atoms with van der Waals surface area (Å²) in [5.74, 6) is 0.599. The summed E-state index contributed by atoms with van der Waals surface area (Å²) in [7, 11) is 1.53. The van der Waals surface area contributed by atoms with Crippen molar-refractivity contribution >= 4 is 37.5 Å². The summed E-state index contributed by atoms with van der Waals surface area (Å²) in [6, 6.07) is 11.3. The van der Waals surface area contributed by atoms with Crippen LogP contribution in [0.2, 0.25) is 0 Å². The number of aromatic hydroxyl groups is 1. The van der Waals surface area contributed by atoms with E-state index in [1.54, 1.807) is 12.1 Å².